The summed E-state index contributed by atoms with van der Waals surface area (Å²) in [7, 11) is -3.62. The zero-order valence-electron chi connectivity index (χ0n) is 18.1. The number of benzene rings is 2. The Morgan fingerprint density at radius 2 is 1.74 bits per heavy atom. The largest absolute Gasteiger partial charge is 0.348 e. The molecule has 1 aromatic heterocycles. The normalized spacial score (nSPS) is 11.6. The van der Waals surface area contributed by atoms with Gasteiger partial charge in [-0.3, -0.25) is 9.48 Å². The summed E-state index contributed by atoms with van der Waals surface area (Å²) in [6, 6.07) is 14.5. The standard InChI is InChI=1S/C23H28N4O3S/c1-4-27(5-2)31(29,30)21-12-7-18(3)22(15-21)23(28)24-16-19-8-10-20(11-9-19)17-26-14-6-13-25-26/h6-15H,4-5,16-17H2,1-3H3,(H,24,28). The van der Waals surface area contributed by atoms with Gasteiger partial charge in [-0.15, -0.1) is 0 Å². The van der Waals surface area contributed by atoms with Crippen LogP contribution < -0.4 is 5.32 Å². The summed E-state index contributed by atoms with van der Waals surface area (Å²) in [6.45, 7) is 7.19. The first kappa shape index (κ1) is 22.7. The van der Waals surface area contributed by atoms with Crippen LogP contribution in [0.2, 0.25) is 0 Å². The van der Waals surface area contributed by atoms with E-state index in [9.17, 15) is 13.2 Å². The van der Waals surface area contributed by atoms with Crippen molar-refractivity contribution in [1.29, 1.82) is 0 Å². The molecule has 1 heterocycles. The third-order valence-electron chi connectivity index (χ3n) is 5.18. The van der Waals surface area contributed by atoms with E-state index in [4.69, 9.17) is 0 Å². The quantitative estimate of drug-likeness (QED) is 0.554. The van der Waals surface area contributed by atoms with E-state index in [1.165, 1.54) is 10.4 Å². The van der Waals surface area contributed by atoms with Crippen LogP contribution in [0.3, 0.4) is 0 Å². The topological polar surface area (TPSA) is 84.3 Å². The molecule has 0 aliphatic carbocycles. The van der Waals surface area contributed by atoms with Crippen LogP contribution in [0.5, 0.6) is 0 Å². The molecule has 0 aliphatic rings. The van der Waals surface area contributed by atoms with Gasteiger partial charge in [0.2, 0.25) is 10.0 Å². The smallest absolute Gasteiger partial charge is 0.251 e. The minimum Gasteiger partial charge on any atom is -0.348 e. The van der Waals surface area contributed by atoms with Crippen molar-refractivity contribution in [3.05, 3.63) is 83.2 Å². The molecule has 0 unspecified atom stereocenters. The molecule has 3 rings (SSSR count). The molecule has 164 valence electrons. The number of carbonyl (C=O) groups excluding carboxylic acids is 1. The predicted octanol–water partition coefficient (Wildman–Crippen LogP) is 3.20. The summed E-state index contributed by atoms with van der Waals surface area (Å²) in [5.74, 6) is -0.297. The average Bonchev–Trinajstić information content (AvgIpc) is 3.27. The molecule has 0 spiro atoms. The molecule has 0 saturated carbocycles. The van der Waals surface area contributed by atoms with Gasteiger partial charge >= 0.3 is 0 Å². The molecule has 7 nitrogen and oxygen atoms in total. The lowest BCUT2D eigenvalue weighted by Gasteiger charge is -2.19. The van der Waals surface area contributed by atoms with Gasteiger partial charge in [0, 0.05) is 37.6 Å². The molecular formula is C23H28N4O3S. The molecule has 0 radical (unpaired) electrons. The SMILES string of the molecule is CCN(CC)S(=O)(=O)c1ccc(C)c(C(=O)NCc2ccc(Cn3cccn3)cc2)c1. The highest BCUT2D eigenvalue weighted by molar-refractivity contribution is 7.89. The van der Waals surface area contributed by atoms with Gasteiger partial charge < -0.3 is 5.32 Å². The van der Waals surface area contributed by atoms with Gasteiger partial charge in [0.15, 0.2) is 0 Å². The highest BCUT2D eigenvalue weighted by Gasteiger charge is 2.23. The molecule has 1 N–H and O–H groups in total. The molecule has 0 aliphatic heterocycles. The molecular weight excluding hydrogens is 412 g/mol. The van der Waals surface area contributed by atoms with Gasteiger partial charge in [0.1, 0.15) is 0 Å². The molecule has 8 heteroatoms. The summed E-state index contributed by atoms with van der Waals surface area (Å²) < 4.78 is 28.8. The first-order valence-corrected chi connectivity index (χ1v) is 11.7. The zero-order valence-corrected chi connectivity index (χ0v) is 18.9. The van der Waals surface area contributed by atoms with E-state index >= 15 is 0 Å². The summed E-state index contributed by atoms with van der Waals surface area (Å²) >= 11 is 0. The summed E-state index contributed by atoms with van der Waals surface area (Å²) in [6.07, 6.45) is 3.65. The van der Waals surface area contributed by atoms with Crippen molar-refractivity contribution in [2.45, 2.75) is 38.8 Å². The Bertz CT molecular complexity index is 1120. The molecule has 0 atom stereocenters. The lowest BCUT2D eigenvalue weighted by molar-refractivity contribution is 0.0950. The Morgan fingerprint density at radius 3 is 2.35 bits per heavy atom. The fraction of sp³-hybridized carbons (Fsp3) is 0.304. The molecule has 31 heavy (non-hydrogen) atoms. The van der Waals surface area contributed by atoms with Crippen LogP contribution in [-0.2, 0) is 23.1 Å². The van der Waals surface area contributed by atoms with Gasteiger partial charge in [-0.25, -0.2) is 8.42 Å². The maximum absolute atomic E-state index is 12.8. The number of carbonyl (C=O) groups is 1. The Balaban J connectivity index is 1.69. The third-order valence-corrected chi connectivity index (χ3v) is 7.22. The predicted molar refractivity (Wildman–Crippen MR) is 120 cm³/mol. The van der Waals surface area contributed by atoms with Crippen LogP contribution in [0.25, 0.3) is 0 Å². The lowest BCUT2D eigenvalue weighted by Crippen LogP contribution is -2.31. The van der Waals surface area contributed by atoms with E-state index in [0.29, 0.717) is 31.7 Å². The van der Waals surface area contributed by atoms with Gasteiger partial charge in [-0.1, -0.05) is 44.2 Å². The van der Waals surface area contributed by atoms with Crippen LogP contribution in [0.1, 0.15) is 40.9 Å². The number of hydrogen-bond donors (Lipinski definition) is 1. The van der Waals surface area contributed by atoms with E-state index in [0.717, 1.165) is 16.7 Å². The molecule has 2 aromatic carbocycles. The first-order chi connectivity index (χ1) is 14.8. The molecule has 3 aromatic rings. The monoisotopic (exact) mass is 440 g/mol. The summed E-state index contributed by atoms with van der Waals surface area (Å²) in [4.78, 5) is 12.9. The Morgan fingerprint density at radius 1 is 1.06 bits per heavy atom. The highest BCUT2D eigenvalue weighted by Crippen LogP contribution is 2.20. The number of nitrogens with one attached hydrogen (secondary N) is 1. The number of amides is 1. The van der Waals surface area contributed by atoms with E-state index in [-0.39, 0.29) is 10.8 Å². The molecule has 1 amide bonds. The van der Waals surface area contributed by atoms with Crippen molar-refractivity contribution >= 4 is 15.9 Å². The van der Waals surface area contributed by atoms with Crippen molar-refractivity contribution in [3.8, 4) is 0 Å². The summed E-state index contributed by atoms with van der Waals surface area (Å²) in [5, 5.41) is 7.09. The van der Waals surface area contributed by atoms with E-state index in [2.05, 4.69) is 10.4 Å². The minimum absolute atomic E-state index is 0.134. The fourth-order valence-electron chi connectivity index (χ4n) is 3.34. The Labute approximate surface area is 183 Å². The first-order valence-electron chi connectivity index (χ1n) is 10.3. The summed E-state index contributed by atoms with van der Waals surface area (Å²) in [5.41, 5.74) is 3.17. The number of sulfonamides is 1. The molecule has 0 fully saturated rings. The number of nitrogens with zero attached hydrogens (tertiary/aromatic N) is 3. The fourth-order valence-corrected chi connectivity index (χ4v) is 4.82. The minimum atomic E-state index is -3.62. The van der Waals surface area contributed by atoms with Crippen molar-refractivity contribution in [3.63, 3.8) is 0 Å². The van der Waals surface area contributed by atoms with Crippen molar-refractivity contribution < 1.29 is 13.2 Å². The van der Waals surface area contributed by atoms with Gasteiger partial charge in [-0.2, -0.15) is 9.40 Å². The molecule has 0 saturated heterocycles. The van der Waals surface area contributed by atoms with E-state index < -0.39 is 10.0 Å². The zero-order chi connectivity index (χ0) is 22.4. The van der Waals surface area contributed by atoms with Gasteiger partial charge in [0.25, 0.3) is 5.91 Å². The molecule has 0 bridgehead atoms. The van der Waals surface area contributed by atoms with Crippen LogP contribution >= 0.6 is 0 Å². The second-order valence-corrected chi connectivity index (χ2v) is 9.21. The number of hydrogen-bond acceptors (Lipinski definition) is 4. The van der Waals surface area contributed by atoms with Crippen molar-refractivity contribution in [1.82, 2.24) is 19.4 Å². The highest BCUT2D eigenvalue weighted by atomic mass is 32.2. The van der Waals surface area contributed by atoms with E-state index in [1.54, 1.807) is 39.1 Å². The number of aryl methyl sites for hydroxylation is 1. The third kappa shape index (κ3) is 5.39. The van der Waals surface area contributed by atoms with E-state index in [1.807, 2.05) is 41.2 Å². The number of aromatic nitrogens is 2. The maximum atomic E-state index is 12.8. The Kier molecular flexibility index (Phi) is 7.25. The second kappa shape index (κ2) is 9.89. The average molecular weight is 441 g/mol. The van der Waals surface area contributed by atoms with Crippen LogP contribution in [-0.4, -0.2) is 41.5 Å². The number of rotatable bonds is 9. The van der Waals surface area contributed by atoms with Gasteiger partial charge in [0.05, 0.1) is 11.4 Å². The van der Waals surface area contributed by atoms with Crippen molar-refractivity contribution in [2.24, 2.45) is 0 Å². The van der Waals surface area contributed by atoms with Gasteiger partial charge in [-0.05, 0) is 41.8 Å². The van der Waals surface area contributed by atoms with Crippen LogP contribution in [0, 0.1) is 6.92 Å². The Hall–Kier alpha value is -2.97. The maximum Gasteiger partial charge on any atom is 0.251 e. The second-order valence-electron chi connectivity index (χ2n) is 7.27. The van der Waals surface area contributed by atoms with Crippen molar-refractivity contribution in [2.75, 3.05) is 13.1 Å². The van der Waals surface area contributed by atoms with Crippen LogP contribution in [0.15, 0.2) is 65.8 Å². The van der Waals surface area contributed by atoms with Crippen LogP contribution in [0.4, 0.5) is 0 Å². The lowest BCUT2D eigenvalue weighted by atomic mass is 10.1.